The van der Waals surface area contributed by atoms with E-state index in [9.17, 15) is 4.79 Å². The molecular formula is C11H17NO. The minimum atomic E-state index is 0.235. The Morgan fingerprint density at radius 2 is 2.38 bits per heavy atom. The van der Waals surface area contributed by atoms with Crippen LogP contribution in [-0.4, -0.2) is 18.4 Å². The SMILES string of the molecule is CC#CCCC(=O)C1CCNC1C. The molecule has 0 radical (unpaired) electrons. The lowest BCUT2D eigenvalue weighted by Gasteiger charge is -2.12. The average molecular weight is 179 g/mol. The second-order valence-corrected chi connectivity index (χ2v) is 3.53. The highest BCUT2D eigenvalue weighted by Crippen LogP contribution is 2.18. The van der Waals surface area contributed by atoms with Gasteiger partial charge in [-0.15, -0.1) is 11.8 Å². The van der Waals surface area contributed by atoms with Gasteiger partial charge in [-0.2, -0.15) is 0 Å². The van der Waals surface area contributed by atoms with Crippen LogP contribution < -0.4 is 5.32 Å². The maximum atomic E-state index is 11.6. The second-order valence-electron chi connectivity index (χ2n) is 3.53. The maximum Gasteiger partial charge on any atom is 0.138 e. The smallest absolute Gasteiger partial charge is 0.138 e. The van der Waals surface area contributed by atoms with Gasteiger partial charge in [0.25, 0.3) is 0 Å². The van der Waals surface area contributed by atoms with Crippen molar-refractivity contribution in [2.75, 3.05) is 6.54 Å². The number of carbonyl (C=O) groups is 1. The fraction of sp³-hybridized carbons (Fsp3) is 0.727. The first kappa shape index (κ1) is 10.3. The molecule has 2 atom stereocenters. The standard InChI is InChI=1S/C11H17NO/c1-3-4-5-6-11(13)10-7-8-12-9(10)2/h9-10,12H,5-8H2,1-2H3. The first-order valence-electron chi connectivity index (χ1n) is 4.91. The molecule has 1 heterocycles. The second kappa shape index (κ2) is 5.04. The number of Topliss-reactive ketones (excluding diaryl/α,β-unsaturated/α-hetero) is 1. The van der Waals surface area contributed by atoms with Crippen molar-refractivity contribution in [2.45, 2.75) is 39.2 Å². The first-order valence-corrected chi connectivity index (χ1v) is 4.91. The zero-order chi connectivity index (χ0) is 9.68. The minimum absolute atomic E-state index is 0.235. The number of carbonyl (C=O) groups excluding carboxylic acids is 1. The van der Waals surface area contributed by atoms with E-state index in [0.29, 0.717) is 18.2 Å². The first-order chi connectivity index (χ1) is 6.25. The molecule has 2 unspecified atom stereocenters. The molecule has 0 saturated carbocycles. The summed E-state index contributed by atoms with van der Waals surface area (Å²) in [6, 6.07) is 0.363. The maximum absolute atomic E-state index is 11.6. The van der Waals surface area contributed by atoms with Crippen molar-refractivity contribution in [1.82, 2.24) is 5.32 Å². The molecule has 13 heavy (non-hydrogen) atoms. The predicted octanol–water partition coefficient (Wildman–Crippen LogP) is 1.36. The van der Waals surface area contributed by atoms with Gasteiger partial charge in [-0.1, -0.05) is 0 Å². The molecule has 0 amide bonds. The van der Waals surface area contributed by atoms with Gasteiger partial charge in [-0.3, -0.25) is 4.79 Å². The molecule has 0 aromatic rings. The third kappa shape index (κ3) is 2.86. The molecule has 0 spiro atoms. The zero-order valence-electron chi connectivity index (χ0n) is 8.39. The summed E-state index contributed by atoms with van der Waals surface area (Å²) in [6.45, 7) is 4.88. The van der Waals surface area contributed by atoms with Gasteiger partial charge in [0.05, 0.1) is 0 Å². The van der Waals surface area contributed by atoms with Crippen molar-refractivity contribution in [3.8, 4) is 11.8 Å². The molecule has 0 aliphatic carbocycles. The van der Waals surface area contributed by atoms with Gasteiger partial charge in [0, 0.05) is 24.8 Å². The molecule has 72 valence electrons. The van der Waals surface area contributed by atoms with Gasteiger partial charge in [-0.25, -0.2) is 0 Å². The quantitative estimate of drug-likeness (QED) is 0.663. The van der Waals surface area contributed by atoms with E-state index in [1.807, 2.05) is 6.92 Å². The highest BCUT2D eigenvalue weighted by atomic mass is 16.1. The summed E-state index contributed by atoms with van der Waals surface area (Å²) >= 11 is 0. The van der Waals surface area contributed by atoms with Gasteiger partial charge in [0.15, 0.2) is 0 Å². The Bertz CT molecular complexity index is 236. The summed E-state index contributed by atoms with van der Waals surface area (Å²) in [7, 11) is 0. The number of nitrogens with one attached hydrogen (secondary N) is 1. The van der Waals surface area contributed by atoms with E-state index in [0.717, 1.165) is 19.4 Å². The van der Waals surface area contributed by atoms with Crippen LogP contribution in [0.3, 0.4) is 0 Å². The molecule has 2 nitrogen and oxygen atoms in total. The van der Waals surface area contributed by atoms with Crippen LogP contribution in [0, 0.1) is 17.8 Å². The molecule has 0 bridgehead atoms. The molecule has 1 N–H and O–H groups in total. The van der Waals surface area contributed by atoms with Crippen LogP contribution in [0.25, 0.3) is 0 Å². The Morgan fingerprint density at radius 1 is 1.62 bits per heavy atom. The lowest BCUT2D eigenvalue weighted by molar-refractivity contribution is -0.122. The van der Waals surface area contributed by atoms with Gasteiger partial charge < -0.3 is 5.32 Å². The summed E-state index contributed by atoms with van der Waals surface area (Å²) in [6.07, 6.45) is 2.34. The third-order valence-corrected chi connectivity index (χ3v) is 2.61. The van der Waals surface area contributed by atoms with Gasteiger partial charge in [-0.05, 0) is 26.8 Å². The Balaban J connectivity index is 2.33. The molecular weight excluding hydrogens is 162 g/mol. The van der Waals surface area contributed by atoms with Crippen molar-refractivity contribution < 1.29 is 4.79 Å². The number of ketones is 1. The molecule has 1 aliphatic rings. The Labute approximate surface area is 80.1 Å². The number of hydrogen-bond donors (Lipinski definition) is 1. The number of hydrogen-bond acceptors (Lipinski definition) is 2. The highest BCUT2D eigenvalue weighted by Gasteiger charge is 2.28. The molecule has 1 rings (SSSR count). The van der Waals surface area contributed by atoms with Crippen LogP contribution in [-0.2, 0) is 4.79 Å². The zero-order valence-corrected chi connectivity index (χ0v) is 8.39. The minimum Gasteiger partial charge on any atom is -0.314 e. The predicted molar refractivity (Wildman–Crippen MR) is 53.3 cm³/mol. The topological polar surface area (TPSA) is 29.1 Å². The van der Waals surface area contributed by atoms with Gasteiger partial charge in [0.2, 0.25) is 0 Å². The molecule has 0 aromatic carbocycles. The molecule has 1 aliphatic heterocycles. The number of rotatable bonds is 3. The van der Waals surface area contributed by atoms with E-state index in [1.54, 1.807) is 0 Å². The summed E-state index contributed by atoms with van der Waals surface area (Å²) in [5.74, 6) is 6.34. The largest absolute Gasteiger partial charge is 0.314 e. The van der Waals surface area contributed by atoms with E-state index >= 15 is 0 Å². The summed E-state index contributed by atoms with van der Waals surface area (Å²) < 4.78 is 0. The van der Waals surface area contributed by atoms with Crippen LogP contribution in [0.5, 0.6) is 0 Å². The van der Waals surface area contributed by atoms with Crippen molar-refractivity contribution in [3.05, 3.63) is 0 Å². The van der Waals surface area contributed by atoms with E-state index in [-0.39, 0.29) is 5.92 Å². The monoisotopic (exact) mass is 179 g/mol. The van der Waals surface area contributed by atoms with E-state index in [4.69, 9.17) is 0 Å². The van der Waals surface area contributed by atoms with Crippen LogP contribution in [0.1, 0.15) is 33.1 Å². The average Bonchev–Trinajstić information content (AvgIpc) is 2.52. The van der Waals surface area contributed by atoms with Crippen molar-refractivity contribution in [1.29, 1.82) is 0 Å². The normalized spacial score (nSPS) is 26.6. The molecule has 1 saturated heterocycles. The third-order valence-electron chi connectivity index (χ3n) is 2.61. The summed E-state index contributed by atoms with van der Waals surface area (Å²) in [5, 5.41) is 3.28. The van der Waals surface area contributed by atoms with Crippen molar-refractivity contribution >= 4 is 5.78 Å². The lowest BCUT2D eigenvalue weighted by atomic mass is 9.94. The van der Waals surface area contributed by atoms with Crippen molar-refractivity contribution in [2.24, 2.45) is 5.92 Å². The van der Waals surface area contributed by atoms with E-state index < -0.39 is 0 Å². The van der Waals surface area contributed by atoms with Gasteiger partial charge in [0.1, 0.15) is 5.78 Å². The van der Waals surface area contributed by atoms with Crippen LogP contribution in [0.15, 0.2) is 0 Å². The fourth-order valence-corrected chi connectivity index (χ4v) is 1.79. The van der Waals surface area contributed by atoms with Crippen molar-refractivity contribution in [3.63, 3.8) is 0 Å². The van der Waals surface area contributed by atoms with Gasteiger partial charge >= 0.3 is 0 Å². The van der Waals surface area contributed by atoms with Crippen LogP contribution >= 0.6 is 0 Å². The molecule has 0 aromatic heterocycles. The molecule has 1 fully saturated rings. The van der Waals surface area contributed by atoms with Crippen LogP contribution in [0.4, 0.5) is 0 Å². The van der Waals surface area contributed by atoms with Crippen LogP contribution in [0.2, 0.25) is 0 Å². The Morgan fingerprint density at radius 3 is 2.92 bits per heavy atom. The Hall–Kier alpha value is -0.810. The fourth-order valence-electron chi connectivity index (χ4n) is 1.79. The summed E-state index contributed by atoms with van der Waals surface area (Å²) in [5.41, 5.74) is 0. The lowest BCUT2D eigenvalue weighted by Crippen LogP contribution is -2.27. The Kier molecular flexibility index (Phi) is 3.98. The van der Waals surface area contributed by atoms with E-state index in [1.165, 1.54) is 0 Å². The highest BCUT2D eigenvalue weighted by molar-refractivity contribution is 5.82. The molecule has 2 heteroatoms. The van der Waals surface area contributed by atoms with E-state index in [2.05, 4.69) is 24.1 Å². The summed E-state index contributed by atoms with van der Waals surface area (Å²) in [4.78, 5) is 11.6.